The van der Waals surface area contributed by atoms with Crippen molar-refractivity contribution in [1.82, 2.24) is 19.5 Å². The molecule has 0 bridgehead atoms. The van der Waals surface area contributed by atoms with Crippen LogP contribution in [-0.4, -0.2) is 74.7 Å². The summed E-state index contributed by atoms with van der Waals surface area (Å²) in [5, 5.41) is 43.5. The molecule has 16 heteroatoms. The van der Waals surface area contributed by atoms with Crippen molar-refractivity contribution in [1.29, 1.82) is 0 Å². The van der Waals surface area contributed by atoms with E-state index in [9.17, 15) is 25.0 Å². The number of benzene rings is 1. The molecular formula is C17H19ClN5O9P. The van der Waals surface area contributed by atoms with Crippen LogP contribution in [0.15, 0.2) is 24.8 Å². The number of fused-ring (bicyclic) bond motifs is 1. The predicted octanol–water partition coefficient (Wildman–Crippen LogP) is 0.231. The molecule has 1 aromatic carbocycles. The van der Waals surface area contributed by atoms with Crippen molar-refractivity contribution >= 4 is 36.4 Å². The Morgan fingerprint density at radius 1 is 1.18 bits per heavy atom. The van der Waals surface area contributed by atoms with Gasteiger partial charge in [-0.15, -0.1) is 0 Å². The number of phosphoric acid groups is 1. The lowest BCUT2D eigenvalue weighted by Gasteiger charge is -2.16. The number of phenols is 2. The monoisotopic (exact) mass is 503 g/mol. The molecule has 3 heterocycles. The molecule has 2 aromatic heterocycles. The molecule has 4 atom stereocenters. The summed E-state index contributed by atoms with van der Waals surface area (Å²) in [6.07, 6.45) is -2.84. The van der Waals surface area contributed by atoms with Crippen LogP contribution in [0.5, 0.6) is 11.5 Å². The van der Waals surface area contributed by atoms with Crippen LogP contribution < -0.4 is 5.32 Å². The lowest BCUT2D eigenvalue weighted by Crippen LogP contribution is -2.33. The fourth-order valence-electron chi connectivity index (χ4n) is 3.39. The number of hydrogen-bond acceptors (Lipinski definition) is 11. The minimum atomic E-state index is -4.80. The van der Waals surface area contributed by atoms with Crippen molar-refractivity contribution in [3.05, 3.63) is 35.4 Å². The number of nitrogens with zero attached hydrogens (tertiary/aromatic N) is 4. The Morgan fingerprint density at radius 2 is 1.94 bits per heavy atom. The van der Waals surface area contributed by atoms with E-state index in [0.29, 0.717) is 5.56 Å². The highest BCUT2D eigenvalue weighted by molar-refractivity contribution is 7.46. The first-order valence-electron chi connectivity index (χ1n) is 9.38. The highest BCUT2D eigenvalue weighted by atomic mass is 35.5. The van der Waals surface area contributed by atoms with Crippen LogP contribution in [0.1, 0.15) is 11.8 Å². The largest absolute Gasteiger partial charge is 0.504 e. The summed E-state index contributed by atoms with van der Waals surface area (Å²) >= 11 is 5.91. The number of aliphatic hydroxyl groups excluding tert-OH is 2. The van der Waals surface area contributed by atoms with Crippen molar-refractivity contribution in [2.24, 2.45) is 0 Å². The highest BCUT2D eigenvalue weighted by Crippen LogP contribution is 2.39. The number of ether oxygens (including phenoxy) is 1. The van der Waals surface area contributed by atoms with Crippen molar-refractivity contribution in [2.75, 3.05) is 11.9 Å². The third-order valence-corrected chi connectivity index (χ3v) is 5.66. The van der Waals surface area contributed by atoms with E-state index in [1.807, 2.05) is 0 Å². The molecule has 1 aliphatic rings. The maximum Gasteiger partial charge on any atom is 0.469 e. The molecule has 3 aromatic rings. The van der Waals surface area contributed by atoms with Crippen LogP contribution in [0.4, 0.5) is 5.82 Å². The first kappa shape index (κ1) is 23.6. The Morgan fingerprint density at radius 3 is 2.67 bits per heavy atom. The number of aliphatic hydroxyl groups is 2. The normalized spacial score (nSPS) is 23.3. The maximum atomic E-state index is 10.9. The van der Waals surface area contributed by atoms with Gasteiger partial charge in [0.25, 0.3) is 0 Å². The molecule has 33 heavy (non-hydrogen) atoms. The molecule has 0 aliphatic carbocycles. The van der Waals surface area contributed by atoms with Gasteiger partial charge in [-0.2, -0.15) is 0 Å². The number of phenolic OH excluding ortho intramolecular Hbond substituents is 2. The zero-order valence-electron chi connectivity index (χ0n) is 16.6. The van der Waals surface area contributed by atoms with Crippen LogP contribution in [0.3, 0.4) is 0 Å². The number of anilines is 1. The van der Waals surface area contributed by atoms with Crippen molar-refractivity contribution in [3.8, 4) is 11.5 Å². The molecule has 7 N–H and O–H groups in total. The predicted molar refractivity (Wildman–Crippen MR) is 111 cm³/mol. The molecule has 0 unspecified atom stereocenters. The summed E-state index contributed by atoms with van der Waals surface area (Å²) in [6.45, 7) is -0.620. The Balaban J connectivity index is 1.56. The molecule has 1 aliphatic heterocycles. The van der Waals surface area contributed by atoms with Crippen LogP contribution in [0.25, 0.3) is 11.2 Å². The summed E-state index contributed by atoms with van der Waals surface area (Å²) in [6, 6.07) is 2.66. The second kappa shape index (κ2) is 9.00. The molecule has 0 radical (unpaired) electrons. The van der Waals surface area contributed by atoms with E-state index in [-0.39, 0.29) is 40.0 Å². The van der Waals surface area contributed by atoms with E-state index >= 15 is 0 Å². The zero-order valence-corrected chi connectivity index (χ0v) is 18.2. The number of halogens is 1. The minimum absolute atomic E-state index is 0.0297. The third kappa shape index (κ3) is 4.88. The summed E-state index contributed by atoms with van der Waals surface area (Å²) in [7, 11) is -4.80. The van der Waals surface area contributed by atoms with Crippen LogP contribution in [0, 0.1) is 0 Å². The lowest BCUT2D eigenvalue weighted by molar-refractivity contribution is -0.0504. The van der Waals surface area contributed by atoms with Gasteiger partial charge in [-0.3, -0.25) is 9.09 Å². The van der Waals surface area contributed by atoms with Gasteiger partial charge in [0.05, 0.1) is 12.9 Å². The maximum absolute atomic E-state index is 10.9. The number of aromatic nitrogens is 4. The van der Waals surface area contributed by atoms with Gasteiger partial charge >= 0.3 is 7.82 Å². The molecule has 1 saturated heterocycles. The van der Waals surface area contributed by atoms with Crippen molar-refractivity contribution < 1.29 is 44.0 Å². The van der Waals surface area contributed by atoms with E-state index < -0.39 is 39.0 Å². The first-order chi connectivity index (χ1) is 15.5. The van der Waals surface area contributed by atoms with Gasteiger partial charge in [0.15, 0.2) is 34.7 Å². The number of phosphoric ester groups is 1. The molecule has 4 rings (SSSR count). The fourth-order valence-corrected chi connectivity index (χ4v) is 3.96. The first-order valence-corrected chi connectivity index (χ1v) is 11.3. The molecule has 0 spiro atoms. The van der Waals surface area contributed by atoms with E-state index in [4.69, 9.17) is 26.1 Å². The third-order valence-electron chi connectivity index (χ3n) is 4.96. The van der Waals surface area contributed by atoms with Gasteiger partial charge in [0, 0.05) is 23.2 Å². The smallest absolute Gasteiger partial charge is 0.469 e. The number of aromatic hydroxyl groups is 2. The Hall–Kier alpha value is -2.55. The second-order valence-corrected chi connectivity index (χ2v) is 8.84. The van der Waals surface area contributed by atoms with Crippen LogP contribution >= 0.6 is 19.4 Å². The van der Waals surface area contributed by atoms with E-state index in [1.54, 1.807) is 0 Å². The van der Waals surface area contributed by atoms with E-state index in [0.717, 1.165) is 0 Å². The number of nitrogens with one attached hydrogen (secondary N) is 1. The van der Waals surface area contributed by atoms with Gasteiger partial charge in [-0.1, -0.05) is 11.6 Å². The highest BCUT2D eigenvalue weighted by Gasteiger charge is 2.45. The Kier molecular flexibility index (Phi) is 6.44. The average Bonchev–Trinajstić information content (AvgIpc) is 3.29. The summed E-state index contributed by atoms with van der Waals surface area (Å²) in [5.74, 6) is -0.464. The van der Waals surface area contributed by atoms with Gasteiger partial charge in [-0.25, -0.2) is 19.5 Å². The van der Waals surface area contributed by atoms with Crippen molar-refractivity contribution in [2.45, 2.75) is 31.1 Å². The molecule has 178 valence electrons. The van der Waals surface area contributed by atoms with Gasteiger partial charge in [-0.05, 0) is 6.07 Å². The number of imidazole rings is 1. The molecule has 14 nitrogen and oxygen atoms in total. The SMILES string of the molecule is O=P(O)(O)OC[C@H]1O[C@@H](n2cnc3c(NCc4cc(Cl)cc(O)c4O)ncnc32)[C@H](O)[C@@H]1O. The fraction of sp³-hybridized carbons (Fsp3) is 0.353. The van der Waals surface area contributed by atoms with Crippen LogP contribution in [-0.2, 0) is 20.4 Å². The Bertz CT molecular complexity index is 1220. The van der Waals surface area contributed by atoms with Crippen molar-refractivity contribution in [3.63, 3.8) is 0 Å². The molecular weight excluding hydrogens is 485 g/mol. The lowest BCUT2D eigenvalue weighted by atomic mass is 10.1. The van der Waals surface area contributed by atoms with Crippen LogP contribution in [0.2, 0.25) is 5.02 Å². The quantitative estimate of drug-likeness (QED) is 0.170. The average molecular weight is 504 g/mol. The van der Waals surface area contributed by atoms with E-state index in [1.165, 1.54) is 29.4 Å². The zero-order chi connectivity index (χ0) is 23.9. The standard InChI is InChI=1S/C17H19ClN5O9P/c18-8-1-7(12(25)9(24)2-8)3-19-15-11-16(21-5-20-15)23(6-22-11)17-14(27)13(26)10(32-17)4-31-33(28,29)30/h1-2,5-6,10,13-14,17,24-27H,3-4H2,(H,19,20,21)(H2,28,29,30)/t10-,13-,14-,17-/m1/s1. The van der Waals surface area contributed by atoms with Gasteiger partial charge in [0.1, 0.15) is 24.6 Å². The summed E-state index contributed by atoms with van der Waals surface area (Å²) in [4.78, 5) is 30.1. The molecule has 0 saturated carbocycles. The second-order valence-electron chi connectivity index (χ2n) is 7.17. The van der Waals surface area contributed by atoms with Gasteiger partial charge < -0.3 is 40.3 Å². The minimum Gasteiger partial charge on any atom is -0.504 e. The number of rotatable bonds is 7. The number of hydrogen-bond donors (Lipinski definition) is 7. The van der Waals surface area contributed by atoms with Gasteiger partial charge in [0.2, 0.25) is 0 Å². The summed E-state index contributed by atoms with van der Waals surface area (Å²) < 4.78 is 22.2. The Labute approximate surface area is 190 Å². The summed E-state index contributed by atoms with van der Waals surface area (Å²) in [5.41, 5.74) is 0.790. The topological polar surface area (TPSA) is 213 Å². The van der Waals surface area contributed by atoms with E-state index in [2.05, 4.69) is 24.8 Å². The molecule has 1 fully saturated rings. The molecule has 0 amide bonds.